The van der Waals surface area contributed by atoms with E-state index in [1.165, 1.54) is 11.3 Å². The van der Waals surface area contributed by atoms with Crippen LogP contribution >= 0.6 is 0 Å². The molecule has 0 unspecified atom stereocenters. The number of anilines is 1. The van der Waals surface area contributed by atoms with E-state index in [0.29, 0.717) is 0 Å². The number of hydrogen-bond donors (Lipinski definition) is 0. The topological polar surface area (TPSA) is 21.7 Å². The highest BCUT2D eigenvalue weighted by Crippen LogP contribution is 2.55. The van der Waals surface area contributed by atoms with Crippen molar-refractivity contribution < 1.29 is 9.47 Å². The number of rotatable bonds is 1. The zero-order chi connectivity index (χ0) is 16.2. The largest absolute Gasteiger partial charge is 0.493 e. The van der Waals surface area contributed by atoms with Crippen LogP contribution in [0.4, 0.5) is 5.69 Å². The molecule has 1 spiro atoms. The highest BCUT2D eigenvalue weighted by Gasteiger charge is 2.57. The monoisotopic (exact) mass is 307 g/mol. The van der Waals surface area contributed by atoms with Gasteiger partial charge in [-0.3, -0.25) is 0 Å². The Morgan fingerprint density at radius 3 is 2.57 bits per heavy atom. The minimum absolute atomic E-state index is 0.187. The van der Waals surface area contributed by atoms with E-state index in [4.69, 9.17) is 9.47 Å². The highest BCUT2D eigenvalue weighted by molar-refractivity contribution is 5.73. The summed E-state index contributed by atoms with van der Waals surface area (Å²) in [5.41, 5.74) is 2.81. The number of nitrogens with zero attached hydrogens (tertiary/aromatic N) is 1. The molecule has 2 aromatic rings. The maximum Gasteiger partial charge on any atom is 0.212 e. The van der Waals surface area contributed by atoms with Crippen LogP contribution in [-0.4, -0.2) is 19.9 Å². The molecule has 2 aromatic carbocycles. The Bertz CT molecular complexity index is 809. The number of para-hydroxylation sites is 2. The number of benzene rings is 2. The van der Waals surface area contributed by atoms with E-state index in [1.807, 2.05) is 12.1 Å². The molecule has 23 heavy (non-hydrogen) atoms. The van der Waals surface area contributed by atoms with Crippen molar-refractivity contribution in [2.75, 3.05) is 19.1 Å². The van der Waals surface area contributed by atoms with E-state index in [1.54, 1.807) is 7.11 Å². The Morgan fingerprint density at radius 1 is 1.04 bits per heavy atom. The third kappa shape index (κ3) is 1.65. The van der Waals surface area contributed by atoms with Crippen molar-refractivity contribution in [3.05, 3.63) is 59.7 Å². The molecule has 2 aliphatic rings. The van der Waals surface area contributed by atoms with Crippen molar-refractivity contribution in [2.24, 2.45) is 0 Å². The Kier molecular flexibility index (Phi) is 2.80. The molecule has 0 N–H and O–H groups in total. The molecule has 3 nitrogen and oxygen atoms in total. The minimum atomic E-state index is -0.557. The summed E-state index contributed by atoms with van der Waals surface area (Å²) >= 11 is 0. The molecular weight excluding hydrogens is 286 g/mol. The Balaban J connectivity index is 1.91. The van der Waals surface area contributed by atoms with E-state index in [2.05, 4.69) is 68.3 Å². The first-order valence-corrected chi connectivity index (χ1v) is 7.90. The molecule has 0 aromatic heterocycles. The van der Waals surface area contributed by atoms with Crippen LogP contribution in [0, 0.1) is 0 Å². The van der Waals surface area contributed by atoms with Gasteiger partial charge in [0.1, 0.15) is 0 Å². The zero-order valence-corrected chi connectivity index (χ0v) is 14.0. The number of fused-ring (bicyclic) bond motifs is 2. The van der Waals surface area contributed by atoms with Gasteiger partial charge in [-0.05, 0) is 43.7 Å². The first-order chi connectivity index (χ1) is 11.0. The molecule has 0 fully saturated rings. The summed E-state index contributed by atoms with van der Waals surface area (Å²) < 4.78 is 12.1. The van der Waals surface area contributed by atoms with Crippen molar-refractivity contribution in [1.29, 1.82) is 0 Å². The summed E-state index contributed by atoms with van der Waals surface area (Å²) in [6, 6.07) is 14.5. The first-order valence-electron chi connectivity index (χ1n) is 7.90. The summed E-state index contributed by atoms with van der Waals surface area (Å²) in [4.78, 5) is 2.23. The average molecular weight is 307 g/mol. The maximum atomic E-state index is 6.63. The van der Waals surface area contributed by atoms with E-state index < -0.39 is 5.72 Å². The van der Waals surface area contributed by atoms with Crippen molar-refractivity contribution >= 4 is 11.8 Å². The van der Waals surface area contributed by atoms with Gasteiger partial charge in [-0.2, -0.15) is 0 Å². The lowest BCUT2D eigenvalue weighted by atomic mass is 9.76. The molecule has 2 heterocycles. The molecule has 4 rings (SSSR count). The van der Waals surface area contributed by atoms with Crippen LogP contribution in [0.15, 0.2) is 48.5 Å². The van der Waals surface area contributed by atoms with E-state index in [9.17, 15) is 0 Å². The second-order valence-corrected chi connectivity index (χ2v) is 6.71. The van der Waals surface area contributed by atoms with E-state index in [0.717, 1.165) is 17.1 Å². The predicted octanol–water partition coefficient (Wildman–Crippen LogP) is 4.22. The molecule has 0 aliphatic carbocycles. The second kappa shape index (κ2) is 4.54. The highest BCUT2D eigenvalue weighted by atomic mass is 16.5. The molecule has 0 amide bonds. The Labute approximate surface area is 137 Å². The van der Waals surface area contributed by atoms with Gasteiger partial charge >= 0.3 is 0 Å². The molecule has 0 radical (unpaired) electrons. The molecule has 1 atom stereocenters. The lowest BCUT2D eigenvalue weighted by Gasteiger charge is -2.46. The molecular formula is C20H21NO2. The van der Waals surface area contributed by atoms with Gasteiger partial charge in [0, 0.05) is 18.3 Å². The van der Waals surface area contributed by atoms with Gasteiger partial charge in [0.05, 0.1) is 12.5 Å². The fourth-order valence-electron chi connectivity index (χ4n) is 3.93. The molecule has 3 heteroatoms. The van der Waals surface area contributed by atoms with Gasteiger partial charge in [0.15, 0.2) is 11.5 Å². The van der Waals surface area contributed by atoms with Crippen LogP contribution in [0.1, 0.15) is 25.0 Å². The summed E-state index contributed by atoms with van der Waals surface area (Å²) in [6.07, 6.45) is 4.32. The summed E-state index contributed by atoms with van der Waals surface area (Å²) in [7, 11) is 3.78. The maximum absolute atomic E-state index is 6.63. The third-order valence-electron chi connectivity index (χ3n) is 5.31. The normalized spacial score (nSPS) is 23.4. The molecule has 118 valence electrons. The van der Waals surface area contributed by atoms with Crippen molar-refractivity contribution in [2.45, 2.75) is 25.0 Å². The smallest absolute Gasteiger partial charge is 0.212 e. The Morgan fingerprint density at radius 2 is 1.83 bits per heavy atom. The zero-order valence-electron chi connectivity index (χ0n) is 14.0. The lowest BCUT2D eigenvalue weighted by Crippen LogP contribution is -2.58. The van der Waals surface area contributed by atoms with Crippen LogP contribution in [0.3, 0.4) is 0 Å². The first kappa shape index (κ1) is 14.2. The predicted molar refractivity (Wildman–Crippen MR) is 93.3 cm³/mol. The number of ether oxygens (including phenoxy) is 2. The summed E-state index contributed by atoms with van der Waals surface area (Å²) in [5.74, 6) is 1.58. The van der Waals surface area contributed by atoms with Gasteiger partial charge in [0.25, 0.3) is 0 Å². The third-order valence-corrected chi connectivity index (χ3v) is 5.31. The SMILES string of the molecule is COc1cccc2c1O[C@@]1(C=C2)N(C)c2ccccc2C1(C)C. The van der Waals surface area contributed by atoms with E-state index >= 15 is 0 Å². The van der Waals surface area contributed by atoms with Crippen molar-refractivity contribution in [3.8, 4) is 11.5 Å². The van der Waals surface area contributed by atoms with Crippen molar-refractivity contribution in [3.63, 3.8) is 0 Å². The standard InChI is InChI=1S/C20H21NO2/c1-19(2)15-9-5-6-10-16(15)21(3)20(19)13-12-14-8-7-11-17(22-4)18(14)23-20/h5-13H,1-4H3/t20-/m1/s1. The van der Waals surface area contributed by atoms with Crippen LogP contribution in [0.2, 0.25) is 0 Å². The van der Waals surface area contributed by atoms with Crippen LogP contribution in [0.5, 0.6) is 11.5 Å². The molecule has 0 bridgehead atoms. The Hall–Kier alpha value is -2.42. The van der Waals surface area contributed by atoms with Crippen molar-refractivity contribution in [1.82, 2.24) is 0 Å². The fraction of sp³-hybridized carbons (Fsp3) is 0.300. The number of likely N-dealkylation sites (N-methyl/N-ethyl adjacent to an activating group) is 1. The number of hydrogen-bond acceptors (Lipinski definition) is 3. The van der Waals surface area contributed by atoms with Gasteiger partial charge in [-0.1, -0.05) is 30.3 Å². The van der Waals surface area contributed by atoms with Crippen LogP contribution in [-0.2, 0) is 5.41 Å². The quantitative estimate of drug-likeness (QED) is 0.787. The number of methoxy groups -OCH3 is 1. The average Bonchev–Trinajstić information content (AvgIpc) is 2.74. The van der Waals surface area contributed by atoms with Crippen LogP contribution < -0.4 is 14.4 Å². The van der Waals surface area contributed by atoms with Crippen LogP contribution in [0.25, 0.3) is 6.08 Å². The van der Waals surface area contributed by atoms with Gasteiger partial charge in [-0.15, -0.1) is 0 Å². The lowest BCUT2D eigenvalue weighted by molar-refractivity contribution is 0.0552. The fourth-order valence-corrected chi connectivity index (χ4v) is 3.93. The van der Waals surface area contributed by atoms with Gasteiger partial charge in [0.2, 0.25) is 5.72 Å². The van der Waals surface area contributed by atoms with E-state index in [-0.39, 0.29) is 5.41 Å². The molecule has 2 aliphatic heterocycles. The van der Waals surface area contributed by atoms with Gasteiger partial charge in [-0.25, -0.2) is 0 Å². The molecule has 0 saturated heterocycles. The second-order valence-electron chi connectivity index (χ2n) is 6.71. The molecule has 0 saturated carbocycles. The minimum Gasteiger partial charge on any atom is -0.493 e. The summed E-state index contributed by atoms with van der Waals surface area (Å²) in [5, 5.41) is 0. The van der Waals surface area contributed by atoms with Gasteiger partial charge < -0.3 is 14.4 Å². The summed E-state index contributed by atoms with van der Waals surface area (Å²) in [6.45, 7) is 4.47.